The van der Waals surface area contributed by atoms with Gasteiger partial charge in [-0.05, 0) is 38.1 Å². The lowest BCUT2D eigenvalue weighted by Crippen LogP contribution is -2.67. The first kappa shape index (κ1) is 17.3. The normalized spacial score (nSPS) is 22.9. The van der Waals surface area contributed by atoms with E-state index >= 15 is 0 Å². The van der Waals surface area contributed by atoms with Crippen molar-refractivity contribution in [3.8, 4) is 0 Å². The highest BCUT2D eigenvalue weighted by Gasteiger charge is 2.45. The number of hydrogen-bond acceptors (Lipinski definition) is 5. The van der Waals surface area contributed by atoms with Crippen LogP contribution in [0, 0.1) is 0 Å². The van der Waals surface area contributed by atoms with Gasteiger partial charge in [0, 0.05) is 39.2 Å². The number of likely N-dealkylation sites (tertiary alicyclic amines) is 2. The van der Waals surface area contributed by atoms with Gasteiger partial charge in [-0.15, -0.1) is 0 Å². The quantitative estimate of drug-likeness (QED) is 0.857. The average Bonchev–Trinajstić information content (AvgIpc) is 2.68. The van der Waals surface area contributed by atoms with Crippen molar-refractivity contribution in [2.45, 2.75) is 37.8 Å². The number of amides is 2. The maximum atomic E-state index is 12.7. The van der Waals surface area contributed by atoms with E-state index in [4.69, 9.17) is 0 Å². The number of nitrogens with zero attached hydrogens (tertiary/aromatic N) is 4. The van der Waals surface area contributed by atoms with E-state index in [0.717, 1.165) is 31.7 Å². The largest absolute Gasteiger partial charge is 0.341 e. The van der Waals surface area contributed by atoms with Crippen LogP contribution in [0.5, 0.6) is 0 Å². The number of fused-ring (bicyclic) bond motifs is 1. The van der Waals surface area contributed by atoms with Crippen molar-refractivity contribution in [2.75, 3.05) is 44.7 Å². The zero-order valence-corrected chi connectivity index (χ0v) is 15.4. The Morgan fingerprint density at radius 2 is 1.92 bits per heavy atom. The van der Waals surface area contributed by atoms with E-state index in [1.807, 2.05) is 11.9 Å². The number of aromatic nitrogens is 1. The SMILES string of the molecule is CN1c2ncccc2C(=O)NC12CCN(C(=O)CN1CCCCC1)CC2. The second-order valence-corrected chi connectivity index (χ2v) is 7.64. The maximum Gasteiger partial charge on any atom is 0.256 e. The maximum absolute atomic E-state index is 12.7. The van der Waals surface area contributed by atoms with Gasteiger partial charge in [-0.25, -0.2) is 4.98 Å². The number of rotatable bonds is 2. The minimum Gasteiger partial charge on any atom is -0.341 e. The highest BCUT2D eigenvalue weighted by atomic mass is 16.2. The molecule has 3 aliphatic rings. The third-order valence-corrected chi connectivity index (χ3v) is 6.09. The Morgan fingerprint density at radius 3 is 2.65 bits per heavy atom. The molecule has 1 N–H and O–H groups in total. The summed E-state index contributed by atoms with van der Waals surface area (Å²) >= 11 is 0. The molecule has 0 aromatic carbocycles. The molecule has 3 aliphatic heterocycles. The molecule has 1 aromatic rings. The Labute approximate surface area is 154 Å². The van der Waals surface area contributed by atoms with Crippen LogP contribution >= 0.6 is 0 Å². The summed E-state index contributed by atoms with van der Waals surface area (Å²) < 4.78 is 0. The van der Waals surface area contributed by atoms with Gasteiger partial charge in [0.15, 0.2) is 0 Å². The molecule has 0 radical (unpaired) electrons. The van der Waals surface area contributed by atoms with Gasteiger partial charge in [-0.1, -0.05) is 6.42 Å². The predicted octanol–water partition coefficient (Wildman–Crippen LogP) is 1.07. The van der Waals surface area contributed by atoms with E-state index in [2.05, 4.69) is 20.1 Å². The third-order valence-electron chi connectivity index (χ3n) is 6.09. The van der Waals surface area contributed by atoms with Gasteiger partial charge in [0.2, 0.25) is 5.91 Å². The number of hydrogen-bond donors (Lipinski definition) is 1. The zero-order chi connectivity index (χ0) is 18.1. The van der Waals surface area contributed by atoms with Crippen LogP contribution in [0.25, 0.3) is 0 Å². The second-order valence-electron chi connectivity index (χ2n) is 7.64. The van der Waals surface area contributed by atoms with Crippen LogP contribution in [0.4, 0.5) is 5.82 Å². The highest BCUT2D eigenvalue weighted by molar-refractivity contribution is 6.01. The molecular formula is C19H27N5O2. The molecule has 0 bridgehead atoms. The monoisotopic (exact) mass is 357 g/mol. The van der Waals surface area contributed by atoms with Crippen LogP contribution in [0.2, 0.25) is 0 Å². The molecule has 140 valence electrons. The molecule has 1 spiro atoms. The summed E-state index contributed by atoms with van der Waals surface area (Å²) in [5.41, 5.74) is 0.171. The van der Waals surface area contributed by atoms with Crippen LogP contribution in [0.3, 0.4) is 0 Å². The number of nitrogens with one attached hydrogen (secondary N) is 1. The van der Waals surface area contributed by atoms with Crippen LogP contribution in [-0.2, 0) is 4.79 Å². The Balaban J connectivity index is 1.41. The van der Waals surface area contributed by atoms with E-state index in [-0.39, 0.29) is 11.8 Å². The summed E-state index contributed by atoms with van der Waals surface area (Å²) in [5, 5.41) is 3.18. The van der Waals surface area contributed by atoms with E-state index < -0.39 is 5.66 Å². The van der Waals surface area contributed by atoms with Crippen molar-refractivity contribution in [2.24, 2.45) is 0 Å². The predicted molar refractivity (Wildman–Crippen MR) is 98.9 cm³/mol. The molecule has 2 saturated heterocycles. The zero-order valence-electron chi connectivity index (χ0n) is 15.4. The lowest BCUT2D eigenvalue weighted by atomic mass is 9.91. The summed E-state index contributed by atoms with van der Waals surface area (Å²) in [5.74, 6) is 0.869. The molecule has 7 heteroatoms. The van der Waals surface area contributed by atoms with Gasteiger partial charge in [0.1, 0.15) is 11.5 Å². The summed E-state index contributed by atoms with van der Waals surface area (Å²) in [4.78, 5) is 35.9. The lowest BCUT2D eigenvalue weighted by molar-refractivity contribution is -0.134. The molecule has 2 amide bonds. The summed E-state index contributed by atoms with van der Waals surface area (Å²) in [7, 11) is 1.98. The minimum atomic E-state index is -0.444. The first-order valence-electron chi connectivity index (χ1n) is 9.61. The molecule has 2 fully saturated rings. The molecule has 7 nitrogen and oxygen atoms in total. The fraction of sp³-hybridized carbons (Fsp3) is 0.632. The van der Waals surface area contributed by atoms with E-state index in [9.17, 15) is 9.59 Å². The molecule has 4 heterocycles. The van der Waals surface area contributed by atoms with E-state index in [1.165, 1.54) is 19.3 Å². The smallest absolute Gasteiger partial charge is 0.256 e. The van der Waals surface area contributed by atoms with Gasteiger partial charge in [0.05, 0.1) is 12.1 Å². The van der Waals surface area contributed by atoms with Gasteiger partial charge < -0.3 is 15.1 Å². The average molecular weight is 357 g/mol. The second kappa shape index (κ2) is 6.87. The summed E-state index contributed by atoms with van der Waals surface area (Å²) in [6, 6.07) is 3.59. The lowest BCUT2D eigenvalue weighted by Gasteiger charge is -2.50. The van der Waals surface area contributed by atoms with Crippen molar-refractivity contribution in [1.29, 1.82) is 0 Å². The standard InChI is InChI=1S/C19H27N5O2/c1-22-17-15(6-5-9-20-17)18(26)21-19(22)7-12-24(13-8-19)16(25)14-23-10-3-2-4-11-23/h5-6,9H,2-4,7-8,10-14H2,1H3,(H,21,26). The first-order chi connectivity index (χ1) is 12.6. The Kier molecular flexibility index (Phi) is 4.56. The topological polar surface area (TPSA) is 68.8 Å². The molecule has 0 aliphatic carbocycles. The van der Waals surface area contributed by atoms with Crippen LogP contribution in [-0.4, -0.2) is 72.0 Å². The fourth-order valence-electron chi connectivity index (χ4n) is 4.40. The highest BCUT2D eigenvalue weighted by Crippen LogP contribution is 2.34. The van der Waals surface area contributed by atoms with Crippen molar-refractivity contribution < 1.29 is 9.59 Å². The Hall–Kier alpha value is -2.15. The van der Waals surface area contributed by atoms with Crippen molar-refractivity contribution in [3.63, 3.8) is 0 Å². The number of pyridine rings is 1. The van der Waals surface area contributed by atoms with Crippen LogP contribution in [0.15, 0.2) is 18.3 Å². The van der Waals surface area contributed by atoms with E-state index in [1.54, 1.807) is 18.3 Å². The van der Waals surface area contributed by atoms with Crippen LogP contribution < -0.4 is 10.2 Å². The summed E-state index contributed by atoms with van der Waals surface area (Å²) in [6.45, 7) is 3.92. The molecular weight excluding hydrogens is 330 g/mol. The number of anilines is 1. The van der Waals surface area contributed by atoms with Gasteiger partial charge >= 0.3 is 0 Å². The molecule has 0 saturated carbocycles. The Morgan fingerprint density at radius 1 is 1.19 bits per heavy atom. The van der Waals surface area contributed by atoms with Crippen molar-refractivity contribution in [1.82, 2.24) is 20.1 Å². The molecule has 4 rings (SSSR count). The van der Waals surface area contributed by atoms with Gasteiger partial charge in [-0.2, -0.15) is 0 Å². The van der Waals surface area contributed by atoms with Crippen molar-refractivity contribution >= 4 is 17.6 Å². The molecule has 0 atom stereocenters. The Bertz CT molecular complexity index is 693. The van der Waals surface area contributed by atoms with Gasteiger partial charge in [-0.3, -0.25) is 14.5 Å². The summed E-state index contributed by atoms with van der Waals surface area (Å²) in [6.07, 6.45) is 6.82. The molecule has 26 heavy (non-hydrogen) atoms. The number of piperidine rings is 2. The minimum absolute atomic E-state index is 0.0701. The van der Waals surface area contributed by atoms with Crippen molar-refractivity contribution in [3.05, 3.63) is 23.9 Å². The van der Waals surface area contributed by atoms with Gasteiger partial charge in [0.25, 0.3) is 5.91 Å². The first-order valence-corrected chi connectivity index (χ1v) is 9.61. The third kappa shape index (κ3) is 3.05. The number of carbonyl (C=O) groups excluding carboxylic acids is 2. The van der Waals surface area contributed by atoms with Crippen LogP contribution in [0.1, 0.15) is 42.5 Å². The molecule has 0 unspecified atom stereocenters. The number of carbonyl (C=O) groups is 2. The molecule has 1 aromatic heterocycles. The fourth-order valence-corrected chi connectivity index (χ4v) is 4.40. The van der Waals surface area contributed by atoms with E-state index in [0.29, 0.717) is 25.2 Å².